The molecule has 142 valence electrons. The number of rotatable bonds is 6. The smallest absolute Gasteiger partial charge is 0.270 e. The molecule has 0 atom stereocenters. The van der Waals surface area contributed by atoms with E-state index in [1.807, 2.05) is 0 Å². The minimum absolute atomic E-state index is 0.182. The molecule has 2 aromatic carbocycles. The molecule has 0 aromatic heterocycles. The Labute approximate surface area is 154 Å². The van der Waals surface area contributed by atoms with Gasteiger partial charge >= 0.3 is 0 Å². The number of non-ortho nitro benzene ring substituents is 1. The number of nitro groups is 1. The van der Waals surface area contributed by atoms with Gasteiger partial charge in [-0.15, -0.1) is 0 Å². The summed E-state index contributed by atoms with van der Waals surface area (Å²) < 4.78 is 57.8. The molecule has 0 unspecified atom stereocenters. The van der Waals surface area contributed by atoms with Crippen LogP contribution in [0, 0.1) is 40.5 Å². The van der Waals surface area contributed by atoms with Crippen molar-refractivity contribution in [1.82, 2.24) is 4.72 Å². The first-order chi connectivity index (χ1) is 12.7. The van der Waals surface area contributed by atoms with E-state index in [0.717, 1.165) is 18.2 Å². The van der Waals surface area contributed by atoms with Crippen molar-refractivity contribution in [2.75, 3.05) is 13.2 Å². The highest BCUT2D eigenvalue weighted by atomic mass is 32.2. The average molecular weight is 396 g/mol. The summed E-state index contributed by atoms with van der Waals surface area (Å²) in [5.41, 5.74) is -0.00189. The third-order valence-electron chi connectivity index (χ3n) is 3.34. The normalized spacial score (nSPS) is 10.8. The van der Waals surface area contributed by atoms with Crippen molar-refractivity contribution in [2.45, 2.75) is 11.8 Å². The summed E-state index contributed by atoms with van der Waals surface area (Å²) in [5.74, 6) is 3.15. The van der Waals surface area contributed by atoms with Crippen LogP contribution in [0.15, 0.2) is 41.3 Å². The van der Waals surface area contributed by atoms with Gasteiger partial charge in [0.15, 0.2) is 11.6 Å². The highest BCUT2D eigenvalue weighted by Crippen LogP contribution is 2.21. The number of nitro benzene ring substituents is 1. The second-order valence-corrected chi connectivity index (χ2v) is 6.98. The molecule has 0 amide bonds. The molecular weight excluding hydrogens is 382 g/mol. The molecule has 0 bridgehead atoms. The number of nitrogens with zero attached hydrogens (tertiary/aromatic N) is 1. The summed E-state index contributed by atoms with van der Waals surface area (Å²) in [7, 11) is -4.00. The second-order valence-electron chi connectivity index (χ2n) is 5.25. The quantitative estimate of drug-likeness (QED) is 0.460. The lowest BCUT2D eigenvalue weighted by Crippen LogP contribution is -2.25. The Morgan fingerprint density at radius 3 is 2.59 bits per heavy atom. The van der Waals surface area contributed by atoms with Gasteiger partial charge in [0.25, 0.3) is 5.69 Å². The monoisotopic (exact) mass is 396 g/mol. The summed E-state index contributed by atoms with van der Waals surface area (Å²) in [4.78, 5) is 9.88. The summed E-state index contributed by atoms with van der Waals surface area (Å²) in [6.07, 6.45) is 0. The van der Waals surface area contributed by atoms with Crippen molar-refractivity contribution < 1.29 is 26.9 Å². The standard InChI is InChI=1S/C17H14F2N2O5S/c1-12-4-6-14(21(22)23)11-17(12)27(24,25)20-8-2-3-9-26-16-7-5-13(18)10-15(16)19/h4-7,10-11,20H,8-9H2,1H3. The molecule has 0 heterocycles. The first kappa shape index (κ1) is 20.3. The summed E-state index contributed by atoms with van der Waals surface area (Å²) in [5, 5.41) is 10.8. The number of aryl methyl sites for hydroxylation is 1. The minimum atomic E-state index is -4.00. The van der Waals surface area contributed by atoms with Crippen molar-refractivity contribution in [1.29, 1.82) is 0 Å². The number of nitrogens with one attached hydrogen (secondary N) is 1. The average Bonchev–Trinajstić information content (AvgIpc) is 2.59. The van der Waals surface area contributed by atoms with E-state index in [2.05, 4.69) is 16.6 Å². The Kier molecular flexibility index (Phi) is 6.44. The molecule has 0 saturated heterocycles. The number of halogens is 2. The van der Waals surface area contributed by atoms with Crippen LogP contribution in [0.1, 0.15) is 5.56 Å². The molecule has 0 saturated carbocycles. The van der Waals surface area contributed by atoms with Crippen molar-refractivity contribution in [3.8, 4) is 17.6 Å². The second kappa shape index (κ2) is 8.57. The molecule has 0 aliphatic carbocycles. The van der Waals surface area contributed by atoms with Crippen molar-refractivity contribution in [2.24, 2.45) is 0 Å². The molecule has 0 aliphatic heterocycles. The van der Waals surface area contributed by atoms with E-state index < -0.39 is 26.6 Å². The molecule has 2 rings (SSSR count). The van der Waals surface area contributed by atoms with Crippen LogP contribution in [0.2, 0.25) is 0 Å². The zero-order valence-corrected chi connectivity index (χ0v) is 14.8. The first-order valence-electron chi connectivity index (χ1n) is 7.49. The molecule has 7 nitrogen and oxygen atoms in total. The Bertz CT molecular complexity index is 1030. The van der Waals surface area contributed by atoms with E-state index >= 15 is 0 Å². The van der Waals surface area contributed by atoms with Crippen LogP contribution >= 0.6 is 0 Å². The fourth-order valence-corrected chi connectivity index (χ4v) is 3.21. The van der Waals surface area contributed by atoms with Crippen LogP contribution in [0.4, 0.5) is 14.5 Å². The fourth-order valence-electron chi connectivity index (χ4n) is 2.02. The highest BCUT2D eigenvalue weighted by Gasteiger charge is 2.19. The molecule has 0 aliphatic rings. The van der Waals surface area contributed by atoms with Gasteiger partial charge < -0.3 is 4.74 Å². The van der Waals surface area contributed by atoms with Gasteiger partial charge in [-0.05, 0) is 24.6 Å². The van der Waals surface area contributed by atoms with Crippen LogP contribution in [-0.2, 0) is 10.0 Å². The third-order valence-corrected chi connectivity index (χ3v) is 4.88. The van der Waals surface area contributed by atoms with Crippen molar-refractivity contribution in [3.63, 3.8) is 0 Å². The SMILES string of the molecule is Cc1ccc([N+](=O)[O-])cc1S(=O)(=O)NCC#CCOc1ccc(F)cc1F. The number of benzene rings is 2. The maximum atomic E-state index is 13.3. The number of hydrogen-bond donors (Lipinski definition) is 1. The number of hydrogen-bond acceptors (Lipinski definition) is 5. The van der Waals surface area contributed by atoms with E-state index in [1.54, 1.807) is 0 Å². The van der Waals surface area contributed by atoms with Crippen LogP contribution in [0.25, 0.3) is 0 Å². The number of ether oxygens (including phenoxy) is 1. The van der Waals surface area contributed by atoms with Crippen LogP contribution < -0.4 is 9.46 Å². The topological polar surface area (TPSA) is 98.5 Å². The number of sulfonamides is 1. The fraction of sp³-hybridized carbons (Fsp3) is 0.176. The van der Waals surface area contributed by atoms with Gasteiger partial charge in [-0.1, -0.05) is 17.9 Å². The minimum Gasteiger partial charge on any atom is -0.478 e. The van der Waals surface area contributed by atoms with Gasteiger partial charge in [0.2, 0.25) is 10.0 Å². The predicted octanol–water partition coefficient (Wildman–Crippen LogP) is 2.54. The molecular formula is C17H14F2N2O5S. The Morgan fingerprint density at radius 2 is 1.93 bits per heavy atom. The van der Waals surface area contributed by atoms with Gasteiger partial charge in [0.05, 0.1) is 16.4 Å². The lowest BCUT2D eigenvalue weighted by Gasteiger charge is -2.07. The maximum Gasteiger partial charge on any atom is 0.270 e. The van der Waals surface area contributed by atoms with E-state index in [-0.39, 0.29) is 29.5 Å². The van der Waals surface area contributed by atoms with E-state index in [0.29, 0.717) is 11.6 Å². The van der Waals surface area contributed by atoms with Gasteiger partial charge in [-0.2, -0.15) is 4.72 Å². The Balaban J connectivity index is 1.96. The van der Waals surface area contributed by atoms with Crippen molar-refractivity contribution >= 4 is 15.7 Å². The van der Waals surface area contributed by atoms with Gasteiger partial charge in [0.1, 0.15) is 12.4 Å². The summed E-state index contributed by atoms with van der Waals surface area (Å²) in [6.45, 7) is 0.995. The van der Waals surface area contributed by atoms with Crippen LogP contribution in [0.3, 0.4) is 0 Å². The lowest BCUT2D eigenvalue weighted by molar-refractivity contribution is -0.385. The molecule has 1 N–H and O–H groups in total. The molecule has 0 radical (unpaired) electrons. The van der Waals surface area contributed by atoms with Gasteiger partial charge in [-0.3, -0.25) is 10.1 Å². The van der Waals surface area contributed by atoms with Gasteiger partial charge in [-0.25, -0.2) is 17.2 Å². The van der Waals surface area contributed by atoms with Gasteiger partial charge in [0, 0.05) is 18.2 Å². The highest BCUT2D eigenvalue weighted by molar-refractivity contribution is 7.89. The first-order valence-corrected chi connectivity index (χ1v) is 8.97. The van der Waals surface area contributed by atoms with Crippen molar-refractivity contribution in [3.05, 3.63) is 63.7 Å². The zero-order chi connectivity index (χ0) is 20.0. The molecule has 0 spiro atoms. The third kappa shape index (κ3) is 5.47. The van der Waals surface area contributed by atoms with E-state index in [1.165, 1.54) is 19.1 Å². The molecule has 27 heavy (non-hydrogen) atoms. The van der Waals surface area contributed by atoms with E-state index in [9.17, 15) is 27.3 Å². The van der Waals surface area contributed by atoms with Crippen LogP contribution in [-0.4, -0.2) is 26.5 Å². The Hall–Kier alpha value is -3.03. The molecule has 2 aromatic rings. The zero-order valence-electron chi connectivity index (χ0n) is 14.0. The van der Waals surface area contributed by atoms with E-state index in [4.69, 9.17) is 4.74 Å². The summed E-state index contributed by atoms with van der Waals surface area (Å²) in [6, 6.07) is 6.31. The summed E-state index contributed by atoms with van der Waals surface area (Å²) >= 11 is 0. The van der Waals surface area contributed by atoms with Crippen LogP contribution in [0.5, 0.6) is 5.75 Å². The predicted molar refractivity (Wildman–Crippen MR) is 92.7 cm³/mol. The Morgan fingerprint density at radius 1 is 1.19 bits per heavy atom. The maximum absolute atomic E-state index is 13.3. The largest absolute Gasteiger partial charge is 0.478 e. The lowest BCUT2D eigenvalue weighted by atomic mass is 10.2. The molecule has 0 fully saturated rings. The molecule has 10 heteroatoms.